The van der Waals surface area contributed by atoms with Gasteiger partial charge in [-0.3, -0.25) is 4.40 Å². The number of rotatable bonds is 2. The molecule has 1 saturated heterocycles. The molecule has 0 aliphatic carbocycles. The van der Waals surface area contributed by atoms with Crippen molar-refractivity contribution >= 4 is 11.6 Å². The summed E-state index contributed by atoms with van der Waals surface area (Å²) in [6.07, 6.45) is -2.16. The molecule has 1 aliphatic rings. The monoisotopic (exact) mass is 293 g/mol. The van der Waals surface area contributed by atoms with Gasteiger partial charge in [0.25, 0.3) is 0 Å². The van der Waals surface area contributed by atoms with Gasteiger partial charge >= 0.3 is 0 Å². The van der Waals surface area contributed by atoms with Crippen molar-refractivity contribution in [1.82, 2.24) is 14.4 Å². The van der Waals surface area contributed by atoms with Crippen molar-refractivity contribution in [2.75, 3.05) is 12.3 Å². The van der Waals surface area contributed by atoms with E-state index >= 15 is 0 Å². The summed E-state index contributed by atoms with van der Waals surface area (Å²) in [5.41, 5.74) is 4.17. The lowest BCUT2D eigenvalue weighted by Gasteiger charge is -2.21. The highest BCUT2D eigenvalue weighted by atomic mass is 19.1. The fourth-order valence-corrected chi connectivity index (χ4v) is 2.47. The molecule has 21 heavy (non-hydrogen) atoms. The summed E-state index contributed by atoms with van der Waals surface area (Å²) >= 11 is 0. The number of nitrogen functional groups attached to an aromatic ring is 1. The van der Waals surface area contributed by atoms with Gasteiger partial charge in [-0.15, -0.1) is 0 Å². The second-order valence-electron chi connectivity index (χ2n) is 4.77. The zero-order chi connectivity index (χ0) is 15.2. The zero-order valence-corrected chi connectivity index (χ0v) is 10.7. The van der Waals surface area contributed by atoms with E-state index in [9.17, 15) is 14.8 Å². The molecular formula is C12H12FN5O3. The molecule has 1 fully saturated rings. The van der Waals surface area contributed by atoms with Crippen molar-refractivity contribution in [2.45, 2.75) is 24.0 Å². The molecule has 0 spiro atoms. The molecule has 8 nitrogen and oxygen atoms in total. The van der Waals surface area contributed by atoms with Crippen LogP contribution < -0.4 is 5.73 Å². The van der Waals surface area contributed by atoms with Crippen molar-refractivity contribution in [2.24, 2.45) is 0 Å². The molecule has 3 heterocycles. The third-order valence-corrected chi connectivity index (χ3v) is 3.61. The summed E-state index contributed by atoms with van der Waals surface area (Å²) in [4.78, 5) is 7.74. The average molecular weight is 293 g/mol. The summed E-state index contributed by atoms with van der Waals surface area (Å²) in [6, 6.07) is 3.18. The fourth-order valence-electron chi connectivity index (χ4n) is 2.47. The zero-order valence-electron chi connectivity index (χ0n) is 10.7. The van der Waals surface area contributed by atoms with Gasteiger partial charge in [0.15, 0.2) is 6.17 Å². The number of ether oxygens (including phenoxy) is 1. The van der Waals surface area contributed by atoms with Crippen LogP contribution in [0.5, 0.6) is 0 Å². The molecule has 2 aromatic rings. The minimum absolute atomic E-state index is 0.118. The van der Waals surface area contributed by atoms with Gasteiger partial charge in [-0.05, 0) is 6.07 Å². The van der Waals surface area contributed by atoms with Crippen LogP contribution in [0.3, 0.4) is 0 Å². The lowest BCUT2D eigenvalue weighted by molar-refractivity contribution is -0.0540. The van der Waals surface area contributed by atoms with E-state index in [-0.39, 0.29) is 11.5 Å². The van der Waals surface area contributed by atoms with Crippen LogP contribution in [0.1, 0.15) is 5.56 Å². The Morgan fingerprint density at radius 1 is 1.57 bits per heavy atom. The molecule has 2 aromatic heterocycles. The van der Waals surface area contributed by atoms with Crippen LogP contribution in [0, 0.1) is 11.3 Å². The molecule has 0 unspecified atom stereocenters. The van der Waals surface area contributed by atoms with E-state index in [1.54, 1.807) is 6.07 Å². The van der Waals surface area contributed by atoms with E-state index in [0.717, 1.165) is 0 Å². The van der Waals surface area contributed by atoms with Gasteiger partial charge in [-0.2, -0.15) is 5.26 Å². The summed E-state index contributed by atoms with van der Waals surface area (Å²) in [5, 5.41) is 28.2. The minimum atomic E-state index is -2.02. The molecule has 1 aliphatic heterocycles. The number of anilines is 1. The molecule has 9 heteroatoms. The maximum Gasteiger partial charge on any atom is 0.215 e. The van der Waals surface area contributed by atoms with E-state index in [1.165, 1.54) is 23.0 Å². The Kier molecular flexibility index (Phi) is 3.02. The fraction of sp³-hybridized carbons (Fsp3) is 0.417. The third kappa shape index (κ3) is 1.77. The van der Waals surface area contributed by atoms with Gasteiger partial charge in [0, 0.05) is 11.8 Å². The second kappa shape index (κ2) is 4.63. The van der Waals surface area contributed by atoms with Crippen LogP contribution in [-0.4, -0.2) is 49.6 Å². The first-order chi connectivity index (χ1) is 10.0. The van der Waals surface area contributed by atoms with Gasteiger partial charge in [-0.1, -0.05) is 0 Å². The molecule has 4 atom stereocenters. The number of fused-ring (bicyclic) bond motifs is 1. The summed E-state index contributed by atoms with van der Waals surface area (Å²) in [7, 11) is 0. The number of alkyl halides is 1. The lowest BCUT2D eigenvalue weighted by Crippen LogP contribution is -2.36. The number of nitriles is 1. The second-order valence-corrected chi connectivity index (χ2v) is 4.77. The van der Waals surface area contributed by atoms with Gasteiger partial charge in [0.2, 0.25) is 11.5 Å². The SMILES string of the molecule is N#C[C@@]1(c2cc3ncnc(N)n3c2)O[C@H](CO)[C@@H](O)[C@H]1F. The highest BCUT2D eigenvalue weighted by Crippen LogP contribution is 2.42. The van der Waals surface area contributed by atoms with Crippen LogP contribution in [0.15, 0.2) is 18.6 Å². The third-order valence-electron chi connectivity index (χ3n) is 3.61. The van der Waals surface area contributed by atoms with Crippen LogP contribution in [0.25, 0.3) is 5.65 Å². The maximum absolute atomic E-state index is 14.4. The average Bonchev–Trinajstić information content (AvgIpc) is 3.02. The largest absolute Gasteiger partial charge is 0.394 e. The van der Waals surface area contributed by atoms with E-state index in [2.05, 4.69) is 9.97 Å². The number of halogens is 1. The summed E-state index contributed by atoms with van der Waals surface area (Å²) in [6.45, 7) is -0.597. The van der Waals surface area contributed by atoms with Gasteiger partial charge in [0.1, 0.15) is 30.3 Å². The van der Waals surface area contributed by atoms with Gasteiger partial charge in [-0.25, -0.2) is 14.4 Å². The van der Waals surface area contributed by atoms with Crippen LogP contribution >= 0.6 is 0 Å². The standard InChI is InChI=1S/C12H12FN5O3/c13-10-9(20)7(3-19)21-12(10,4-14)6-1-8-16-5-17-11(15)18(8)2-6/h1-2,5,7,9-10,19-20H,3H2,(H2,15,16,17)/t7-,9-,10-,12+/m1/s1. The first-order valence-corrected chi connectivity index (χ1v) is 6.14. The summed E-state index contributed by atoms with van der Waals surface area (Å²) in [5.74, 6) is 0.118. The minimum Gasteiger partial charge on any atom is -0.394 e. The Morgan fingerprint density at radius 2 is 2.33 bits per heavy atom. The molecule has 0 amide bonds. The Labute approximate surface area is 118 Å². The molecule has 0 bridgehead atoms. The molecular weight excluding hydrogens is 281 g/mol. The Bertz CT molecular complexity index is 729. The van der Waals surface area contributed by atoms with Crippen LogP contribution in [0.4, 0.5) is 10.3 Å². The number of hydrogen-bond donors (Lipinski definition) is 3. The van der Waals surface area contributed by atoms with Crippen molar-refractivity contribution in [1.29, 1.82) is 5.26 Å². The maximum atomic E-state index is 14.4. The highest BCUT2D eigenvalue weighted by Gasteiger charge is 2.57. The highest BCUT2D eigenvalue weighted by molar-refractivity contribution is 5.50. The summed E-state index contributed by atoms with van der Waals surface area (Å²) < 4.78 is 21.1. The van der Waals surface area contributed by atoms with Crippen molar-refractivity contribution in [3.8, 4) is 6.07 Å². The first-order valence-electron chi connectivity index (χ1n) is 6.14. The molecule has 4 N–H and O–H groups in total. The lowest BCUT2D eigenvalue weighted by atomic mass is 9.91. The van der Waals surface area contributed by atoms with Gasteiger partial charge in [0.05, 0.1) is 6.61 Å². The topological polar surface area (TPSA) is 130 Å². The van der Waals surface area contributed by atoms with E-state index in [0.29, 0.717) is 5.65 Å². The molecule has 0 radical (unpaired) electrons. The van der Waals surface area contributed by atoms with Crippen molar-refractivity contribution < 1.29 is 19.3 Å². The van der Waals surface area contributed by atoms with E-state index in [4.69, 9.17) is 15.6 Å². The first kappa shape index (κ1) is 13.7. The number of aliphatic hydroxyl groups excluding tert-OH is 2. The van der Waals surface area contributed by atoms with Crippen LogP contribution in [-0.2, 0) is 10.3 Å². The molecule has 110 valence electrons. The van der Waals surface area contributed by atoms with E-state index in [1.807, 2.05) is 0 Å². The number of aliphatic hydroxyl groups is 2. The molecule has 0 aromatic carbocycles. The quantitative estimate of drug-likeness (QED) is 0.655. The molecule has 3 rings (SSSR count). The number of nitrogens with two attached hydrogens (primary N) is 1. The number of aromatic nitrogens is 3. The van der Waals surface area contributed by atoms with E-state index < -0.39 is 30.6 Å². The van der Waals surface area contributed by atoms with Gasteiger partial charge < -0.3 is 20.7 Å². The molecule has 0 saturated carbocycles. The van der Waals surface area contributed by atoms with Crippen molar-refractivity contribution in [3.63, 3.8) is 0 Å². The normalized spacial score (nSPS) is 32.4. The smallest absolute Gasteiger partial charge is 0.215 e. The number of nitrogens with zero attached hydrogens (tertiary/aromatic N) is 4. The van der Waals surface area contributed by atoms with Crippen molar-refractivity contribution in [3.05, 3.63) is 24.2 Å². The Morgan fingerprint density at radius 3 is 2.90 bits per heavy atom. The Hall–Kier alpha value is -2.28. The predicted octanol–water partition coefficient (Wildman–Crippen LogP) is -0.880. The Balaban J connectivity index is 2.15. The predicted molar refractivity (Wildman–Crippen MR) is 67.6 cm³/mol. The number of hydrogen-bond acceptors (Lipinski definition) is 7. The van der Waals surface area contributed by atoms with Crippen LogP contribution in [0.2, 0.25) is 0 Å².